The van der Waals surface area contributed by atoms with Crippen LogP contribution in [0.2, 0.25) is 0 Å². The van der Waals surface area contributed by atoms with Crippen molar-refractivity contribution < 1.29 is 17.9 Å². The molecule has 0 aliphatic rings. The molecule has 0 saturated carbocycles. The maximum Gasteiger partial charge on any atom is 0.573 e. The zero-order valence-corrected chi connectivity index (χ0v) is 13.0. The highest BCUT2D eigenvalue weighted by molar-refractivity contribution is 5.35. The molecule has 0 aliphatic heterocycles. The summed E-state index contributed by atoms with van der Waals surface area (Å²) in [5.41, 5.74) is 6.65. The van der Waals surface area contributed by atoms with Gasteiger partial charge in [-0.15, -0.1) is 13.2 Å². The number of halogens is 3. The molecule has 0 spiro atoms. The van der Waals surface area contributed by atoms with Crippen molar-refractivity contribution in [1.82, 2.24) is 0 Å². The van der Waals surface area contributed by atoms with Crippen LogP contribution in [-0.4, -0.2) is 6.36 Å². The lowest BCUT2D eigenvalue weighted by molar-refractivity contribution is -0.275. The molecular formula is C16H24F3NO. The van der Waals surface area contributed by atoms with Crippen molar-refractivity contribution in [3.8, 4) is 5.75 Å². The van der Waals surface area contributed by atoms with Gasteiger partial charge in [0.05, 0.1) is 0 Å². The second kappa shape index (κ2) is 6.69. The maximum absolute atomic E-state index is 12.4. The van der Waals surface area contributed by atoms with Gasteiger partial charge in [-0.2, -0.15) is 0 Å². The quantitative estimate of drug-likeness (QED) is 0.826. The van der Waals surface area contributed by atoms with Crippen LogP contribution in [0.4, 0.5) is 13.2 Å². The predicted octanol–water partition coefficient (Wildman–Crippen LogP) is 5.05. The third-order valence-electron chi connectivity index (χ3n) is 3.16. The van der Waals surface area contributed by atoms with E-state index in [1.165, 1.54) is 12.1 Å². The lowest BCUT2D eigenvalue weighted by atomic mass is 9.82. The fourth-order valence-corrected chi connectivity index (χ4v) is 2.69. The van der Waals surface area contributed by atoms with Crippen molar-refractivity contribution in [3.63, 3.8) is 0 Å². The van der Waals surface area contributed by atoms with Gasteiger partial charge in [0.1, 0.15) is 5.75 Å². The Hall–Kier alpha value is -1.23. The minimum Gasteiger partial charge on any atom is -0.405 e. The van der Waals surface area contributed by atoms with Crippen LogP contribution < -0.4 is 10.5 Å². The lowest BCUT2D eigenvalue weighted by Gasteiger charge is -2.26. The van der Waals surface area contributed by atoms with Gasteiger partial charge in [-0.25, -0.2) is 0 Å². The summed E-state index contributed by atoms with van der Waals surface area (Å²) in [5.74, 6) is 0.111. The van der Waals surface area contributed by atoms with E-state index in [9.17, 15) is 13.2 Å². The van der Waals surface area contributed by atoms with E-state index < -0.39 is 12.4 Å². The number of rotatable bonds is 5. The highest BCUT2D eigenvalue weighted by Gasteiger charge is 2.32. The Kier molecular flexibility index (Phi) is 5.68. The second-order valence-corrected chi connectivity index (χ2v) is 6.80. The molecule has 5 heteroatoms. The standard InChI is InChI=1S/C16H24F3NO/c1-11(10-15(2,3)4)9-13(20)12-7-5-6-8-14(12)21-16(17,18)19/h5-8,11,13H,9-10,20H2,1-4H3. The molecule has 1 aromatic rings. The van der Waals surface area contributed by atoms with E-state index in [-0.39, 0.29) is 11.2 Å². The zero-order chi connectivity index (χ0) is 16.3. The summed E-state index contributed by atoms with van der Waals surface area (Å²) in [6.45, 7) is 8.47. The number of nitrogens with two attached hydrogens (primary N) is 1. The van der Waals surface area contributed by atoms with Crippen LogP contribution in [0, 0.1) is 11.3 Å². The number of ether oxygens (including phenoxy) is 1. The first kappa shape index (κ1) is 17.8. The van der Waals surface area contributed by atoms with Crippen LogP contribution in [0.15, 0.2) is 24.3 Å². The number of benzene rings is 1. The molecule has 0 bridgehead atoms. The summed E-state index contributed by atoms with van der Waals surface area (Å²) in [6.07, 6.45) is -3.12. The fraction of sp³-hybridized carbons (Fsp3) is 0.625. The summed E-state index contributed by atoms with van der Waals surface area (Å²) in [7, 11) is 0. The molecular weight excluding hydrogens is 279 g/mol. The van der Waals surface area contributed by atoms with Crippen molar-refractivity contribution in [2.75, 3.05) is 0 Å². The van der Waals surface area contributed by atoms with E-state index >= 15 is 0 Å². The summed E-state index contributed by atoms with van der Waals surface area (Å²) in [4.78, 5) is 0. The number of alkyl halides is 3. The Labute approximate surface area is 124 Å². The van der Waals surface area contributed by atoms with Gasteiger partial charge >= 0.3 is 6.36 Å². The van der Waals surface area contributed by atoms with Crippen molar-refractivity contribution >= 4 is 0 Å². The Morgan fingerprint density at radius 3 is 2.24 bits per heavy atom. The number of hydrogen-bond donors (Lipinski definition) is 1. The van der Waals surface area contributed by atoms with Crippen LogP contribution in [0.5, 0.6) is 5.75 Å². The highest BCUT2D eigenvalue weighted by Crippen LogP contribution is 2.34. The molecule has 2 nitrogen and oxygen atoms in total. The molecule has 0 radical (unpaired) electrons. The molecule has 2 N–H and O–H groups in total. The van der Waals surface area contributed by atoms with E-state index in [0.29, 0.717) is 17.9 Å². The smallest absolute Gasteiger partial charge is 0.405 e. The third-order valence-corrected chi connectivity index (χ3v) is 3.16. The molecule has 0 heterocycles. The largest absolute Gasteiger partial charge is 0.573 e. The molecule has 2 atom stereocenters. The first-order valence-corrected chi connectivity index (χ1v) is 7.08. The van der Waals surface area contributed by atoms with Gasteiger partial charge in [-0.1, -0.05) is 45.9 Å². The molecule has 0 saturated heterocycles. The highest BCUT2D eigenvalue weighted by atomic mass is 19.4. The summed E-state index contributed by atoms with van der Waals surface area (Å²) in [6, 6.07) is 5.61. The average Bonchev–Trinajstić information content (AvgIpc) is 2.24. The second-order valence-electron chi connectivity index (χ2n) is 6.80. The Morgan fingerprint density at radius 2 is 1.71 bits per heavy atom. The number of hydrogen-bond acceptors (Lipinski definition) is 2. The van der Waals surface area contributed by atoms with E-state index in [1.54, 1.807) is 12.1 Å². The van der Waals surface area contributed by atoms with Crippen molar-refractivity contribution in [2.45, 2.75) is 52.9 Å². The fourth-order valence-electron chi connectivity index (χ4n) is 2.69. The molecule has 0 aliphatic carbocycles. The Morgan fingerprint density at radius 1 is 1.14 bits per heavy atom. The van der Waals surface area contributed by atoms with Crippen LogP contribution >= 0.6 is 0 Å². The van der Waals surface area contributed by atoms with Crippen LogP contribution in [-0.2, 0) is 0 Å². The lowest BCUT2D eigenvalue weighted by Crippen LogP contribution is -2.22. The van der Waals surface area contributed by atoms with Crippen LogP contribution in [0.3, 0.4) is 0 Å². The van der Waals surface area contributed by atoms with E-state index in [4.69, 9.17) is 5.73 Å². The van der Waals surface area contributed by atoms with Crippen molar-refractivity contribution in [3.05, 3.63) is 29.8 Å². The third kappa shape index (κ3) is 6.85. The van der Waals surface area contributed by atoms with Gasteiger partial charge in [0.15, 0.2) is 0 Å². The molecule has 0 fully saturated rings. The molecule has 1 aromatic carbocycles. The maximum atomic E-state index is 12.4. The SMILES string of the molecule is CC(CC(N)c1ccccc1OC(F)(F)F)CC(C)(C)C. The molecule has 21 heavy (non-hydrogen) atoms. The molecule has 2 unspecified atom stereocenters. The van der Waals surface area contributed by atoms with Crippen molar-refractivity contribution in [1.29, 1.82) is 0 Å². The minimum atomic E-state index is -4.70. The van der Waals surface area contributed by atoms with Crippen LogP contribution in [0.25, 0.3) is 0 Å². The Bertz CT molecular complexity index is 452. The average molecular weight is 303 g/mol. The monoisotopic (exact) mass is 303 g/mol. The zero-order valence-electron chi connectivity index (χ0n) is 13.0. The normalized spacial score (nSPS) is 15.6. The van der Waals surface area contributed by atoms with Gasteiger partial charge < -0.3 is 10.5 Å². The van der Waals surface area contributed by atoms with Gasteiger partial charge in [-0.3, -0.25) is 0 Å². The van der Waals surface area contributed by atoms with Gasteiger partial charge in [-0.05, 0) is 30.2 Å². The molecule has 0 amide bonds. The predicted molar refractivity (Wildman–Crippen MR) is 77.9 cm³/mol. The van der Waals surface area contributed by atoms with Gasteiger partial charge in [0.25, 0.3) is 0 Å². The summed E-state index contributed by atoms with van der Waals surface area (Å²) < 4.78 is 41.3. The number of para-hydroxylation sites is 1. The van der Waals surface area contributed by atoms with Crippen LogP contribution in [0.1, 0.15) is 52.1 Å². The summed E-state index contributed by atoms with van der Waals surface area (Å²) in [5, 5.41) is 0. The molecule has 1 rings (SSSR count). The Balaban J connectivity index is 2.80. The topological polar surface area (TPSA) is 35.2 Å². The van der Waals surface area contributed by atoms with Gasteiger partial charge in [0.2, 0.25) is 0 Å². The van der Waals surface area contributed by atoms with E-state index in [1.807, 2.05) is 0 Å². The van der Waals surface area contributed by atoms with E-state index in [0.717, 1.165) is 6.42 Å². The summed E-state index contributed by atoms with van der Waals surface area (Å²) >= 11 is 0. The van der Waals surface area contributed by atoms with E-state index in [2.05, 4.69) is 32.4 Å². The first-order valence-electron chi connectivity index (χ1n) is 7.08. The van der Waals surface area contributed by atoms with Gasteiger partial charge in [0, 0.05) is 11.6 Å². The molecule has 120 valence electrons. The van der Waals surface area contributed by atoms with Crippen molar-refractivity contribution in [2.24, 2.45) is 17.1 Å². The minimum absolute atomic E-state index is 0.168. The first-order chi connectivity index (χ1) is 9.48. The molecule has 0 aromatic heterocycles.